The minimum Gasteiger partial charge on any atom is -0.437 e. The zero-order chi connectivity index (χ0) is 23.3. The van der Waals surface area contributed by atoms with Crippen LogP contribution in [0.3, 0.4) is 0 Å². The molecule has 0 unspecified atom stereocenters. The summed E-state index contributed by atoms with van der Waals surface area (Å²) in [6, 6.07) is 11.6. The van der Waals surface area contributed by atoms with Crippen molar-refractivity contribution < 1.29 is 14.3 Å². The third kappa shape index (κ3) is 4.87. The molecular formula is C26H29N5O3. The molecule has 0 radical (unpaired) electrons. The van der Waals surface area contributed by atoms with Crippen molar-refractivity contribution in [2.75, 3.05) is 44.3 Å². The molecule has 2 aromatic heterocycles. The van der Waals surface area contributed by atoms with E-state index in [2.05, 4.69) is 19.9 Å². The van der Waals surface area contributed by atoms with Crippen molar-refractivity contribution in [3.8, 4) is 11.6 Å². The van der Waals surface area contributed by atoms with Gasteiger partial charge in [-0.3, -0.25) is 9.78 Å². The number of nitrogens with zero attached hydrogens (tertiary/aromatic N) is 5. The highest BCUT2D eigenvalue weighted by Gasteiger charge is 2.29. The number of hydrogen-bond donors (Lipinski definition) is 0. The van der Waals surface area contributed by atoms with E-state index in [1.807, 2.05) is 42.2 Å². The van der Waals surface area contributed by atoms with Crippen LogP contribution in [0.25, 0.3) is 0 Å². The first-order valence-corrected chi connectivity index (χ1v) is 11.8. The molecule has 34 heavy (non-hydrogen) atoms. The fourth-order valence-electron chi connectivity index (χ4n) is 4.55. The Kier molecular flexibility index (Phi) is 6.67. The molecule has 5 rings (SSSR count). The summed E-state index contributed by atoms with van der Waals surface area (Å²) in [4.78, 5) is 31.1. The van der Waals surface area contributed by atoms with E-state index in [9.17, 15) is 4.79 Å². The first-order chi connectivity index (χ1) is 16.7. The molecule has 2 aliphatic heterocycles. The highest BCUT2D eigenvalue weighted by atomic mass is 16.5. The Morgan fingerprint density at radius 1 is 1.03 bits per heavy atom. The lowest BCUT2D eigenvalue weighted by Gasteiger charge is -2.33. The number of amides is 1. The first-order valence-electron chi connectivity index (χ1n) is 11.8. The number of hydrogen-bond acceptors (Lipinski definition) is 7. The minimum atomic E-state index is 0.0203. The molecule has 1 amide bonds. The van der Waals surface area contributed by atoms with Crippen LogP contribution in [0.15, 0.2) is 55.0 Å². The second-order valence-electron chi connectivity index (χ2n) is 8.71. The standard InChI is InChI=1S/C26H29N5O3/c1-19-5-2-3-7-22(19)34-25-24(28-10-11-29-25)21-6-4-12-31(18-21)26(32)20-8-9-27-23(17-20)30-13-15-33-16-14-30/h2-3,5,7-11,17,21H,4,6,12-16,18H2,1H3/t21-/m0/s1. The second-order valence-corrected chi connectivity index (χ2v) is 8.71. The SMILES string of the molecule is Cc1ccccc1Oc1nccnc1[C@H]1CCCN(C(=O)c2ccnc(N3CCOCC3)c2)C1. The zero-order valence-corrected chi connectivity index (χ0v) is 19.4. The van der Waals surface area contributed by atoms with E-state index in [1.54, 1.807) is 24.7 Å². The van der Waals surface area contributed by atoms with Crippen LogP contribution in [0.2, 0.25) is 0 Å². The number of aryl methyl sites for hydroxylation is 1. The Morgan fingerprint density at radius 2 is 1.85 bits per heavy atom. The van der Waals surface area contributed by atoms with Gasteiger partial charge in [0.2, 0.25) is 5.88 Å². The molecule has 176 valence electrons. The molecular weight excluding hydrogens is 430 g/mol. The summed E-state index contributed by atoms with van der Waals surface area (Å²) < 4.78 is 11.6. The summed E-state index contributed by atoms with van der Waals surface area (Å²) in [5, 5.41) is 0. The fourth-order valence-corrected chi connectivity index (χ4v) is 4.55. The van der Waals surface area contributed by atoms with Crippen molar-refractivity contribution >= 4 is 11.7 Å². The number of piperidine rings is 1. The third-order valence-electron chi connectivity index (χ3n) is 6.41. The molecule has 2 saturated heterocycles. The first kappa shape index (κ1) is 22.3. The highest BCUT2D eigenvalue weighted by Crippen LogP contribution is 2.34. The van der Waals surface area contributed by atoms with E-state index in [0.29, 0.717) is 31.2 Å². The lowest BCUT2D eigenvalue weighted by molar-refractivity contribution is 0.0704. The molecule has 1 aromatic carbocycles. The number of aromatic nitrogens is 3. The van der Waals surface area contributed by atoms with Crippen LogP contribution in [0.1, 0.15) is 40.4 Å². The molecule has 0 saturated carbocycles. The van der Waals surface area contributed by atoms with Gasteiger partial charge in [0.15, 0.2) is 0 Å². The highest BCUT2D eigenvalue weighted by molar-refractivity contribution is 5.95. The summed E-state index contributed by atoms with van der Waals surface area (Å²) in [6.07, 6.45) is 6.89. The summed E-state index contributed by atoms with van der Waals surface area (Å²) in [7, 11) is 0. The average molecular weight is 460 g/mol. The van der Waals surface area contributed by atoms with Gasteiger partial charge < -0.3 is 19.3 Å². The fraction of sp³-hybridized carbons (Fsp3) is 0.385. The van der Waals surface area contributed by atoms with Crippen molar-refractivity contribution in [1.29, 1.82) is 0 Å². The molecule has 0 N–H and O–H groups in total. The molecule has 8 heteroatoms. The summed E-state index contributed by atoms with van der Waals surface area (Å²) in [5.74, 6) is 2.18. The normalized spacial score (nSPS) is 18.6. The van der Waals surface area contributed by atoms with Crippen LogP contribution in [0.5, 0.6) is 11.6 Å². The van der Waals surface area contributed by atoms with Gasteiger partial charge in [0.1, 0.15) is 17.3 Å². The van der Waals surface area contributed by atoms with Gasteiger partial charge in [0.25, 0.3) is 5.91 Å². The Morgan fingerprint density at radius 3 is 2.71 bits per heavy atom. The summed E-state index contributed by atoms with van der Waals surface area (Å²) >= 11 is 0. The number of ether oxygens (including phenoxy) is 2. The topological polar surface area (TPSA) is 80.7 Å². The second kappa shape index (κ2) is 10.2. The molecule has 4 heterocycles. The molecule has 0 aliphatic carbocycles. The Bertz CT molecular complexity index is 1150. The van der Waals surface area contributed by atoms with Crippen LogP contribution in [-0.2, 0) is 4.74 Å². The van der Waals surface area contributed by atoms with Crippen LogP contribution in [0, 0.1) is 6.92 Å². The van der Waals surface area contributed by atoms with Gasteiger partial charge >= 0.3 is 0 Å². The number of likely N-dealkylation sites (tertiary alicyclic amines) is 1. The maximum absolute atomic E-state index is 13.4. The lowest BCUT2D eigenvalue weighted by Crippen LogP contribution is -2.40. The van der Waals surface area contributed by atoms with Crippen LogP contribution in [0.4, 0.5) is 5.82 Å². The smallest absolute Gasteiger partial charge is 0.254 e. The monoisotopic (exact) mass is 459 g/mol. The summed E-state index contributed by atoms with van der Waals surface area (Å²) in [5.41, 5.74) is 2.49. The number of carbonyl (C=O) groups excluding carboxylic acids is 1. The van der Waals surface area contributed by atoms with E-state index in [0.717, 1.165) is 55.3 Å². The van der Waals surface area contributed by atoms with E-state index in [1.165, 1.54) is 0 Å². The van der Waals surface area contributed by atoms with Crippen LogP contribution < -0.4 is 9.64 Å². The average Bonchev–Trinajstić information content (AvgIpc) is 2.90. The largest absolute Gasteiger partial charge is 0.437 e. The lowest BCUT2D eigenvalue weighted by atomic mass is 9.94. The molecule has 0 spiro atoms. The van der Waals surface area contributed by atoms with Crippen molar-refractivity contribution in [1.82, 2.24) is 19.9 Å². The Balaban J connectivity index is 1.33. The van der Waals surface area contributed by atoms with Gasteiger partial charge in [-0.2, -0.15) is 0 Å². The number of anilines is 1. The molecule has 2 fully saturated rings. The molecule has 0 bridgehead atoms. The number of carbonyl (C=O) groups is 1. The number of para-hydroxylation sites is 1. The van der Waals surface area contributed by atoms with Crippen LogP contribution in [-0.4, -0.2) is 65.2 Å². The molecule has 1 atom stereocenters. The molecule has 8 nitrogen and oxygen atoms in total. The van der Waals surface area contributed by atoms with Crippen molar-refractivity contribution in [3.63, 3.8) is 0 Å². The van der Waals surface area contributed by atoms with Crippen molar-refractivity contribution in [2.24, 2.45) is 0 Å². The number of benzene rings is 1. The number of rotatable bonds is 5. The van der Waals surface area contributed by atoms with Gasteiger partial charge in [-0.1, -0.05) is 18.2 Å². The minimum absolute atomic E-state index is 0.0203. The predicted molar refractivity (Wildman–Crippen MR) is 128 cm³/mol. The van der Waals surface area contributed by atoms with E-state index in [4.69, 9.17) is 9.47 Å². The van der Waals surface area contributed by atoms with E-state index >= 15 is 0 Å². The van der Waals surface area contributed by atoms with Gasteiger partial charge in [-0.05, 0) is 43.5 Å². The van der Waals surface area contributed by atoms with Gasteiger partial charge in [-0.15, -0.1) is 0 Å². The Labute approximate surface area is 199 Å². The zero-order valence-electron chi connectivity index (χ0n) is 19.4. The third-order valence-corrected chi connectivity index (χ3v) is 6.41. The maximum atomic E-state index is 13.4. The van der Waals surface area contributed by atoms with Crippen molar-refractivity contribution in [3.05, 3.63) is 71.8 Å². The van der Waals surface area contributed by atoms with E-state index in [-0.39, 0.29) is 11.8 Å². The maximum Gasteiger partial charge on any atom is 0.254 e. The quantitative estimate of drug-likeness (QED) is 0.574. The van der Waals surface area contributed by atoms with Gasteiger partial charge in [0, 0.05) is 56.3 Å². The predicted octanol–water partition coefficient (Wildman–Crippen LogP) is 3.83. The van der Waals surface area contributed by atoms with Gasteiger partial charge in [-0.25, -0.2) is 9.97 Å². The Hall–Kier alpha value is -3.52. The van der Waals surface area contributed by atoms with Gasteiger partial charge in [0.05, 0.1) is 13.2 Å². The number of pyridine rings is 1. The number of morpholine rings is 1. The summed E-state index contributed by atoms with van der Waals surface area (Å²) in [6.45, 7) is 6.23. The molecule has 3 aromatic rings. The van der Waals surface area contributed by atoms with Crippen LogP contribution >= 0.6 is 0 Å². The van der Waals surface area contributed by atoms with E-state index < -0.39 is 0 Å². The van der Waals surface area contributed by atoms with Crippen molar-refractivity contribution in [2.45, 2.75) is 25.7 Å². The molecule has 2 aliphatic rings.